The van der Waals surface area contributed by atoms with E-state index in [1.165, 1.54) is 0 Å². The van der Waals surface area contributed by atoms with Crippen molar-refractivity contribution in [3.8, 4) is 0 Å². The number of sulfone groups is 1. The van der Waals surface area contributed by atoms with Crippen LogP contribution in [0.25, 0.3) is 0 Å². The van der Waals surface area contributed by atoms with Crippen LogP contribution in [0.15, 0.2) is 24.3 Å². The molecule has 0 aliphatic carbocycles. The molecule has 2 rings (SSSR count). The van der Waals surface area contributed by atoms with Gasteiger partial charge in [0.1, 0.15) is 0 Å². The Bertz CT molecular complexity index is 602. The summed E-state index contributed by atoms with van der Waals surface area (Å²) in [5, 5.41) is 9.56. The molecule has 5 nitrogen and oxygen atoms in total. The van der Waals surface area contributed by atoms with Crippen LogP contribution in [-0.2, 0) is 21.2 Å². The Morgan fingerprint density at radius 3 is 2.65 bits per heavy atom. The molecule has 110 valence electrons. The Hall–Kier alpha value is -1.11. The number of aliphatic carboxylic acids is 1. The number of rotatable bonds is 5. The Morgan fingerprint density at radius 1 is 1.40 bits per heavy atom. The Labute approximate surface area is 123 Å². The summed E-state index contributed by atoms with van der Waals surface area (Å²) in [4.78, 5) is 12.7. The molecule has 1 aromatic rings. The van der Waals surface area contributed by atoms with E-state index in [1.54, 1.807) is 17.0 Å². The summed E-state index contributed by atoms with van der Waals surface area (Å²) in [6, 6.07) is 6.92. The molecule has 0 spiro atoms. The van der Waals surface area contributed by atoms with Gasteiger partial charge in [0.25, 0.3) is 0 Å². The Kier molecular flexibility index (Phi) is 4.67. The fraction of sp³-hybridized carbons (Fsp3) is 0.462. The predicted molar refractivity (Wildman–Crippen MR) is 76.6 cm³/mol. The molecule has 0 amide bonds. The van der Waals surface area contributed by atoms with Gasteiger partial charge in [0.15, 0.2) is 9.84 Å². The van der Waals surface area contributed by atoms with Gasteiger partial charge in [-0.3, -0.25) is 9.69 Å². The molecular weight excluding hydrogens is 302 g/mol. The molecule has 1 atom stereocenters. The number of hydrogen-bond acceptors (Lipinski definition) is 4. The van der Waals surface area contributed by atoms with E-state index in [2.05, 4.69) is 0 Å². The van der Waals surface area contributed by atoms with Gasteiger partial charge < -0.3 is 5.11 Å². The molecule has 1 heterocycles. The number of nitrogens with zero attached hydrogens (tertiary/aromatic N) is 1. The highest BCUT2D eigenvalue weighted by molar-refractivity contribution is 7.91. The van der Waals surface area contributed by atoms with E-state index in [4.69, 9.17) is 16.7 Å². The van der Waals surface area contributed by atoms with E-state index < -0.39 is 15.8 Å². The molecule has 0 unspecified atom stereocenters. The maximum atomic E-state index is 11.6. The number of carbonyl (C=O) groups is 1. The average Bonchev–Trinajstić information content (AvgIpc) is 2.71. The van der Waals surface area contributed by atoms with Crippen molar-refractivity contribution >= 4 is 27.4 Å². The molecule has 0 aromatic heterocycles. The molecule has 1 saturated heterocycles. The number of hydrogen-bond donors (Lipinski definition) is 1. The minimum absolute atomic E-state index is 0.0186. The van der Waals surface area contributed by atoms with E-state index in [0.29, 0.717) is 18.0 Å². The van der Waals surface area contributed by atoms with Gasteiger partial charge >= 0.3 is 5.97 Å². The summed E-state index contributed by atoms with van der Waals surface area (Å²) in [6.45, 7) is 0.150. The van der Waals surface area contributed by atoms with Crippen molar-refractivity contribution in [2.24, 2.45) is 0 Å². The fourth-order valence-corrected chi connectivity index (χ4v) is 4.35. The number of benzene rings is 1. The Balaban J connectivity index is 2.16. The monoisotopic (exact) mass is 317 g/mol. The van der Waals surface area contributed by atoms with Gasteiger partial charge in [0.2, 0.25) is 0 Å². The molecular formula is C13H16ClNO4S. The number of carboxylic acid groups (broad SMARTS) is 1. The second-order valence-electron chi connectivity index (χ2n) is 4.95. The van der Waals surface area contributed by atoms with Crippen molar-refractivity contribution in [2.45, 2.75) is 19.0 Å². The zero-order valence-corrected chi connectivity index (χ0v) is 12.4. The third-order valence-corrected chi connectivity index (χ3v) is 5.51. The van der Waals surface area contributed by atoms with Crippen molar-refractivity contribution in [2.75, 3.05) is 18.1 Å². The summed E-state index contributed by atoms with van der Waals surface area (Å²) in [5.41, 5.74) is 0.805. The maximum absolute atomic E-state index is 11.6. The van der Waals surface area contributed by atoms with Crippen molar-refractivity contribution in [1.29, 1.82) is 0 Å². The Morgan fingerprint density at radius 2 is 2.10 bits per heavy atom. The smallest absolute Gasteiger partial charge is 0.317 e. The zero-order valence-electron chi connectivity index (χ0n) is 10.8. The summed E-state index contributed by atoms with van der Waals surface area (Å²) < 4.78 is 23.1. The van der Waals surface area contributed by atoms with Crippen LogP contribution in [-0.4, -0.2) is 48.5 Å². The summed E-state index contributed by atoms with van der Waals surface area (Å²) in [7, 11) is -3.05. The molecule has 0 bridgehead atoms. The van der Waals surface area contributed by atoms with Gasteiger partial charge in [-0.2, -0.15) is 0 Å². The topological polar surface area (TPSA) is 74.7 Å². The first-order chi connectivity index (χ1) is 9.37. The quantitative estimate of drug-likeness (QED) is 0.889. The van der Waals surface area contributed by atoms with E-state index in [-0.39, 0.29) is 24.1 Å². The van der Waals surface area contributed by atoms with Crippen molar-refractivity contribution < 1.29 is 18.3 Å². The van der Waals surface area contributed by atoms with Crippen LogP contribution < -0.4 is 0 Å². The molecule has 1 aromatic carbocycles. The van der Waals surface area contributed by atoms with E-state index in [9.17, 15) is 13.2 Å². The predicted octanol–water partition coefficient (Wildman–Crippen LogP) is 1.41. The van der Waals surface area contributed by atoms with E-state index in [1.807, 2.05) is 12.1 Å². The van der Waals surface area contributed by atoms with Gasteiger partial charge in [-0.25, -0.2) is 8.42 Å². The van der Waals surface area contributed by atoms with Crippen LogP contribution in [0, 0.1) is 0 Å². The van der Waals surface area contributed by atoms with Crippen LogP contribution in [0.1, 0.15) is 12.0 Å². The summed E-state index contributed by atoms with van der Waals surface area (Å²) in [6.07, 6.45) is 0.472. The van der Waals surface area contributed by atoms with Gasteiger partial charge in [-0.1, -0.05) is 29.8 Å². The highest BCUT2D eigenvalue weighted by Crippen LogP contribution is 2.22. The second-order valence-corrected chi connectivity index (χ2v) is 7.58. The molecule has 20 heavy (non-hydrogen) atoms. The SMILES string of the molecule is O=C(O)CN(Cc1ccccc1Cl)[C@H]1CCS(=O)(=O)C1. The van der Waals surface area contributed by atoms with Crippen molar-refractivity contribution in [1.82, 2.24) is 4.90 Å². The largest absolute Gasteiger partial charge is 0.480 e. The van der Waals surface area contributed by atoms with E-state index in [0.717, 1.165) is 5.56 Å². The first-order valence-electron chi connectivity index (χ1n) is 6.27. The standard InChI is InChI=1S/C13H16ClNO4S/c14-12-4-2-1-3-10(12)7-15(8-13(16)17)11-5-6-20(18,19)9-11/h1-4,11H,5-9H2,(H,16,17)/t11-/m0/s1. The van der Waals surface area contributed by atoms with Crippen LogP contribution in [0.5, 0.6) is 0 Å². The summed E-state index contributed by atoms with van der Waals surface area (Å²) >= 11 is 6.08. The lowest BCUT2D eigenvalue weighted by Crippen LogP contribution is -2.39. The zero-order chi connectivity index (χ0) is 14.8. The molecule has 1 fully saturated rings. The first kappa shape index (κ1) is 15.3. The molecule has 0 radical (unpaired) electrons. The third-order valence-electron chi connectivity index (χ3n) is 3.39. The first-order valence-corrected chi connectivity index (χ1v) is 8.47. The van der Waals surface area contributed by atoms with Crippen LogP contribution in [0.4, 0.5) is 0 Å². The van der Waals surface area contributed by atoms with Gasteiger partial charge in [0.05, 0.1) is 18.1 Å². The van der Waals surface area contributed by atoms with Gasteiger partial charge in [0, 0.05) is 17.6 Å². The lowest BCUT2D eigenvalue weighted by Gasteiger charge is -2.26. The fourth-order valence-electron chi connectivity index (χ4n) is 2.40. The highest BCUT2D eigenvalue weighted by Gasteiger charge is 2.33. The minimum Gasteiger partial charge on any atom is -0.480 e. The molecule has 7 heteroatoms. The van der Waals surface area contributed by atoms with Crippen LogP contribution in [0.3, 0.4) is 0 Å². The second kappa shape index (κ2) is 6.11. The van der Waals surface area contributed by atoms with Crippen LogP contribution in [0.2, 0.25) is 5.02 Å². The molecule has 1 aliphatic rings. The van der Waals surface area contributed by atoms with Crippen molar-refractivity contribution in [3.63, 3.8) is 0 Å². The van der Waals surface area contributed by atoms with Gasteiger partial charge in [-0.05, 0) is 18.1 Å². The van der Waals surface area contributed by atoms with Crippen LogP contribution >= 0.6 is 11.6 Å². The number of halogens is 1. The molecule has 1 aliphatic heterocycles. The minimum atomic E-state index is -3.05. The molecule has 0 saturated carbocycles. The highest BCUT2D eigenvalue weighted by atomic mass is 35.5. The molecule has 1 N–H and O–H groups in total. The third kappa shape index (κ3) is 3.94. The van der Waals surface area contributed by atoms with Crippen molar-refractivity contribution in [3.05, 3.63) is 34.9 Å². The van der Waals surface area contributed by atoms with Gasteiger partial charge in [-0.15, -0.1) is 0 Å². The average molecular weight is 318 g/mol. The number of carboxylic acids is 1. The summed E-state index contributed by atoms with van der Waals surface area (Å²) in [5.74, 6) is -0.831. The maximum Gasteiger partial charge on any atom is 0.317 e. The normalized spacial score (nSPS) is 21.2. The lowest BCUT2D eigenvalue weighted by atomic mass is 10.1. The van der Waals surface area contributed by atoms with E-state index >= 15 is 0 Å². The lowest BCUT2D eigenvalue weighted by molar-refractivity contribution is -0.139.